The van der Waals surface area contributed by atoms with Crippen molar-refractivity contribution < 1.29 is 5.11 Å². The summed E-state index contributed by atoms with van der Waals surface area (Å²) in [7, 11) is 0. The Morgan fingerprint density at radius 1 is 1.35 bits per heavy atom. The molecule has 1 heterocycles. The number of rotatable bonds is 0. The Balaban J connectivity index is 1.98. The zero-order chi connectivity index (χ0) is 12.3. The van der Waals surface area contributed by atoms with Crippen LogP contribution in [0.3, 0.4) is 0 Å². The van der Waals surface area contributed by atoms with Crippen LogP contribution in [0, 0.1) is 11.3 Å². The van der Waals surface area contributed by atoms with Gasteiger partial charge in [0.05, 0.1) is 5.60 Å². The molecule has 2 saturated carbocycles. The van der Waals surface area contributed by atoms with E-state index in [1.807, 2.05) is 11.8 Å². The van der Waals surface area contributed by atoms with Crippen molar-refractivity contribution in [1.29, 1.82) is 0 Å². The average Bonchev–Trinajstić information content (AvgIpc) is 2.79. The van der Waals surface area contributed by atoms with E-state index in [1.165, 1.54) is 31.4 Å². The number of fused-ring (bicyclic) bond motifs is 1. The predicted octanol–water partition coefficient (Wildman–Crippen LogP) is 3.77. The van der Waals surface area contributed by atoms with Crippen LogP contribution in [0.4, 0.5) is 0 Å². The molecule has 4 atom stereocenters. The summed E-state index contributed by atoms with van der Waals surface area (Å²) in [4.78, 5) is 0. The van der Waals surface area contributed by atoms with Crippen LogP contribution in [0.1, 0.15) is 52.9 Å². The van der Waals surface area contributed by atoms with Gasteiger partial charge < -0.3 is 5.11 Å². The third kappa shape index (κ3) is 1.71. The number of aliphatic hydroxyl groups is 1. The molecule has 96 valence electrons. The molecular formula is C15H24OS. The van der Waals surface area contributed by atoms with Crippen LogP contribution < -0.4 is 0 Å². The van der Waals surface area contributed by atoms with Crippen molar-refractivity contribution in [2.45, 2.75) is 63.7 Å². The van der Waals surface area contributed by atoms with Gasteiger partial charge in [0.1, 0.15) is 0 Å². The minimum absolute atomic E-state index is 0.425. The number of allylic oxidation sites excluding steroid dienone is 2. The van der Waals surface area contributed by atoms with Crippen LogP contribution in [-0.4, -0.2) is 21.7 Å². The molecule has 3 aliphatic rings. The molecule has 1 nitrogen and oxygen atoms in total. The molecule has 0 aromatic rings. The molecule has 0 radical (unpaired) electrons. The van der Waals surface area contributed by atoms with E-state index in [1.54, 1.807) is 11.1 Å². The molecule has 0 amide bonds. The average molecular weight is 252 g/mol. The zero-order valence-corrected chi connectivity index (χ0v) is 12.1. The van der Waals surface area contributed by atoms with Crippen LogP contribution in [0.25, 0.3) is 0 Å². The maximum Gasteiger partial charge on any atom is 0.0738 e. The standard InChI is InChI=1S/C15H24OS/c1-10(2)11-4-7-15-8-13(17-9-15)14(3,16)6-5-12(11)15/h12-13,16H,4-9H2,1-3H3/t12-,13+,14+,15+/m0/s1. The lowest BCUT2D eigenvalue weighted by Crippen LogP contribution is -2.35. The highest BCUT2D eigenvalue weighted by molar-refractivity contribution is 8.00. The fourth-order valence-electron chi connectivity index (χ4n) is 4.35. The monoisotopic (exact) mass is 252 g/mol. The highest BCUT2D eigenvalue weighted by Gasteiger charge is 2.56. The van der Waals surface area contributed by atoms with E-state index in [9.17, 15) is 5.11 Å². The summed E-state index contributed by atoms with van der Waals surface area (Å²) in [5, 5.41) is 11.1. The Morgan fingerprint density at radius 3 is 2.82 bits per heavy atom. The first-order chi connectivity index (χ1) is 7.95. The third-order valence-corrected chi connectivity index (χ3v) is 7.31. The van der Waals surface area contributed by atoms with Crippen molar-refractivity contribution in [2.75, 3.05) is 5.75 Å². The first-order valence-corrected chi connectivity index (χ1v) is 8.00. The van der Waals surface area contributed by atoms with E-state index in [0.717, 1.165) is 12.3 Å². The second-order valence-corrected chi connectivity index (χ2v) is 8.03. The first kappa shape index (κ1) is 12.1. The maximum atomic E-state index is 10.6. The minimum atomic E-state index is -0.425. The van der Waals surface area contributed by atoms with Gasteiger partial charge in [-0.05, 0) is 70.0 Å². The fourth-order valence-corrected chi connectivity index (χ4v) is 6.27. The van der Waals surface area contributed by atoms with Crippen molar-refractivity contribution in [1.82, 2.24) is 0 Å². The Kier molecular flexibility index (Phi) is 2.68. The van der Waals surface area contributed by atoms with Crippen LogP contribution >= 0.6 is 11.8 Å². The first-order valence-electron chi connectivity index (χ1n) is 6.95. The smallest absolute Gasteiger partial charge is 0.0738 e. The molecule has 3 fully saturated rings. The van der Waals surface area contributed by atoms with Gasteiger partial charge in [0.25, 0.3) is 0 Å². The lowest BCUT2D eigenvalue weighted by molar-refractivity contribution is 0.0491. The SMILES string of the molecule is CC(C)=C1CC[C@]23CS[C@H](C2)[C@](C)(O)CC[C@@H]13. The number of hydrogen-bond donors (Lipinski definition) is 1. The number of thioether (sulfide) groups is 1. The molecule has 2 bridgehead atoms. The van der Waals surface area contributed by atoms with E-state index < -0.39 is 5.60 Å². The second kappa shape index (κ2) is 3.77. The molecule has 0 unspecified atom stereocenters. The molecule has 0 aromatic carbocycles. The lowest BCUT2D eigenvalue weighted by atomic mass is 9.74. The molecule has 1 N–H and O–H groups in total. The Labute approximate surface area is 109 Å². The Morgan fingerprint density at radius 2 is 2.12 bits per heavy atom. The Hall–Kier alpha value is 0.0500. The van der Waals surface area contributed by atoms with Crippen molar-refractivity contribution in [3.8, 4) is 0 Å². The fraction of sp³-hybridized carbons (Fsp3) is 0.867. The van der Waals surface area contributed by atoms with Gasteiger partial charge in [-0.3, -0.25) is 0 Å². The summed E-state index contributed by atoms with van der Waals surface area (Å²) in [5.41, 5.74) is 3.39. The molecule has 2 aliphatic carbocycles. The normalized spacial score (nSPS) is 49.1. The van der Waals surface area contributed by atoms with Crippen LogP contribution in [0.2, 0.25) is 0 Å². The van der Waals surface area contributed by atoms with Crippen LogP contribution in [0.15, 0.2) is 11.1 Å². The van der Waals surface area contributed by atoms with Gasteiger partial charge in [0.15, 0.2) is 0 Å². The zero-order valence-electron chi connectivity index (χ0n) is 11.3. The van der Waals surface area contributed by atoms with Gasteiger partial charge in [0.2, 0.25) is 0 Å². The predicted molar refractivity (Wildman–Crippen MR) is 74.3 cm³/mol. The van der Waals surface area contributed by atoms with Crippen molar-refractivity contribution in [3.05, 3.63) is 11.1 Å². The van der Waals surface area contributed by atoms with Gasteiger partial charge in [-0.25, -0.2) is 0 Å². The van der Waals surface area contributed by atoms with Crippen molar-refractivity contribution >= 4 is 11.8 Å². The summed E-state index contributed by atoms with van der Waals surface area (Å²) < 4.78 is 0. The molecule has 3 rings (SSSR count). The van der Waals surface area contributed by atoms with Gasteiger partial charge in [-0.15, -0.1) is 0 Å². The molecule has 2 heteroatoms. The molecular weight excluding hydrogens is 228 g/mol. The van der Waals surface area contributed by atoms with E-state index in [2.05, 4.69) is 20.8 Å². The van der Waals surface area contributed by atoms with Crippen molar-refractivity contribution in [2.24, 2.45) is 11.3 Å². The summed E-state index contributed by atoms with van der Waals surface area (Å²) in [5.74, 6) is 2.06. The summed E-state index contributed by atoms with van der Waals surface area (Å²) in [6.07, 6.45) is 6.16. The minimum Gasteiger partial charge on any atom is -0.389 e. The molecule has 1 aliphatic heterocycles. The molecule has 1 saturated heterocycles. The summed E-state index contributed by atoms with van der Waals surface area (Å²) in [6, 6.07) is 0. The van der Waals surface area contributed by atoms with E-state index in [-0.39, 0.29) is 0 Å². The summed E-state index contributed by atoms with van der Waals surface area (Å²) in [6.45, 7) is 6.61. The molecule has 0 aromatic heterocycles. The lowest BCUT2D eigenvalue weighted by Gasteiger charge is -2.31. The number of hydrogen-bond acceptors (Lipinski definition) is 2. The highest BCUT2D eigenvalue weighted by atomic mass is 32.2. The molecule has 17 heavy (non-hydrogen) atoms. The quantitative estimate of drug-likeness (QED) is 0.662. The van der Waals surface area contributed by atoms with E-state index in [4.69, 9.17) is 0 Å². The third-order valence-electron chi connectivity index (χ3n) is 5.49. The van der Waals surface area contributed by atoms with Gasteiger partial charge in [-0.2, -0.15) is 11.8 Å². The Bertz CT molecular complexity index is 367. The van der Waals surface area contributed by atoms with Crippen molar-refractivity contribution in [3.63, 3.8) is 0 Å². The second-order valence-electron chi connectivity index (χ2n) is 6.84. The topological polar surface area (TPSA) is 20.2 Å². The summed E-state index contributed by atoms with van der Waals surface area (Å²) >= 11 is 2.04. The van der Waals surface area contributed by atoms with E-state index >= 15 is 0 Å². The maximum absolute atomic E-state index is 10.6. The van der Waals surface area contributed by atoms with E-state index in [0.29, 0.717) is 10.7 Å². The van der Waals surface area contributed by atoms with Gasteiger partial charge in [-0.1, -0.05) is 11.1 Å². The van der Waals surface area contributed by atoms with Crippen LogP contribution in [-0.2, 0) is 0 Å². The van der Waals surface area contributed by atoms with Crippen LogP contribution in [0.5, 0.6) is 0 Å². The highest BCUT2D eigenvalue weighted by Crippen LogP contribution is 2.63. The van der Waals surface area contributed by atoms with Gasteiger partial charge in [0, 0.05) is 5.25 Å². The molecule has 1 spiro atoms. The largest absolute Gasteiger partial charge is 0.389 e. The van der Waals surface area contributed by atoms with Gasteiger partial charge >= 0.3 is 0 Å².